The first-order valence-corrected chi connectivity index (χ1v) is 5.49. The van der Waals surface area contributed by atoms with E-state index in [4.69, 9.17) is 0 Å². The van der Waals surface area contributed by atoms with Crippen LogP contribution in [0.3, 0.4) is 0 Å². The summed E-state index contributed by atoms with van der Waals surface area (Å²) in [4.78, 5) is 13.5. The summed E-state index contributed by atoms with van der Waals surface area (Å²) in [5, 5.41) is 3.07. The predicted molar refractivity (Wildman–Crippen MR) is 58.1 cm³/mol. The van der Waals surface area contributed by atoms with Gasteiger partial charge in [0.25, 0.3) is 0 Å². The van der Waals surface area contributed by atoms with Gasteiger partial charge in [-0.15, -0.1) is 0 Å². The molecule has 0 aromatic heterocycles. The van der Waals surface area contributed by atoms with E-state index in [0.717, 1.165) is 6.54 Å². The molecule has 0 aliphatic carbocycles. The van der Waals surface area contributed by atoms with Crippen molar-refractivity contribution in [2.24, 2.45) is 5.92 Å². The Balaban J connectivity index is 2.61. The number of hydrogen-bond acceptors (Lipinski definition) is 2. The van der Waals surface area contributed by atoms with Gasteiger partial charge in [-0.1, -0.05) is 13.8 Å². The van der Waals surface area contributed by atoms with Crippen molar-refractivity contribution in [1.29, 1.82) is 0 Å². The van der Waals surface area contributed by atoms with Crippen molar-refractivity contribution in [3.8, 4) is 0 Å². The van der Waals surface area contributed by atoms with E-state index in [2.05, 4.69) is 31.1 Å². The van der Waals surface area contributed by atoms with Crippen LogP contribution >= 0.6 is 0 Å². The molecule has 0 bridgehead atoms. The van der Waals surface area contributed by atoms with Gasteiger partial charge >= 0.3 is 0 Å². The lowest BCUT2D eigenvalue weighted by molar-refractivity contribution is -0.120. The second kappa shape index (κ2) is 4.78. The van der Waals surface area contributed by atoms with E-state index in [1.54, 1.807) is 6.92 Å². The number of carbonyl (C=O) groups excluding carboxylic acids is 1. The maximum absolute atomic E-state index is 11.1. The third-order valence-electron chi connectivity index (χ3n) is 3.08. The first-order chi connectivity index (χ1) is 6.52. The summed E-state index contributed by atoms with van der Waals surface area (Å²) >= 11 is 0. The molecular formula is C11H22N2O. The van der Waals surface area contributed by atoms with Gasteiger partial charge in [-0.2, -0.15) is 0 Å². The van der Waals surface area contributed by atoms with E-state index < -0.39 is 0 Å². The molecule has 0 aromatic rings. The van der Waals surface area contributed by atoms with E-state index in [-0.39, 0.29) is 5.91 Å². The molecule has 2 atom stereocenters. The molecule has 3 heteroatoms. The molecule has 0 spiro atoms. The summed E-state index contributed by atoms with van der Waals surface area (Å²) in [6, 6.07) is 0.832. The van der Waals surface area contributed by atoms with Crippen LogP contribution in [-0.4, -0.2) is 36.5 Å². The smallest absolute Gasteiger partial charge is 0.217 e. The van der Waals surface area contributed by atoms with Gasteiger partial charge in [0.1, 0.15) is 0 Å². The van der Waals surface area contributed by atoms with Gasteiger partial charge in [0.05, 0.1) is 0 Å². The molecule has 1 rings (SSSR count). The van der Waals surface area contributed by atoms with Crippen LogP contribution in [0.25, 0.3) is 0 Å². The lowest BCUT2D eigenvalue weighted by Crippen LogP contribution is -2.50. The van der Waals surface area contributed by atoms with Gasteiger partial charge < -0.3 is 10.2 Å². The fourth-order valence-corrected chi connectivity index (χ4v) is 2.33. The lowest BCUT2D eigenvalue weighted by Gasteiger charge is -2.32. The monoisotopic (exact) mass is 198 g/mol. The fraction of sp³-hybridized carbons (Fsp3) is 0.909. The standard InChI is InChI=1S/C11H22N2O/c1-8(2)11(12-9(3)14)10-6-5-7-13(10)4/h8,10-11H,5-7H2,1-4H3,(H,12,14). The Kier molecular flexibility index (Phi) is 3.93. The van der Waals surface area contributed by atoms with Gasteiger partial charge in [-0.3, -0.25) is 4.79 Å². The minimum absolute atomic E-state index is 0.0870. The van der Waals surface area contributed by atoms with Gasteiger partial charge in [-0.05, 0) is 32.4 Å². The van der Waals surface area contributed by atoms with Crippen LogP contribution in [0.1, 0.15) is 33.6 Å². The molecule has 1 amide bonds. The van der Waals surface area contributed by atoms with Crippen molar-refractivity contribution in [2.75, 3.05) is 13.6 Å². The maximum Gasteiger partial charge on any atom is 0.217 e. The molecule has 0 saturated carbocycles. The van der Waals surface area contributed by atoms with E-state index >= 15 is 0 Å². The van der Waals surface area contributed by atoms with Crippen molar-refractivity contribution in [1.82, 2.24) is 10.2 Å². The summed E-state index contributed by atoms with van der Waals surface area (Å²) in [6.45, 7) is 7.11. The largest absolute Gasteiger partial charge is 0.352 e. The second-order valence-electron chi connectivity index (χ2n) is 4.66. The van der Waals surface area contributed by atoms with Crippen LogP contribution < -0.4 is 5.32 Å². The molecule has 1 saturated heterocycles. The Morgan fingerprint density at radius 1 is 1.50 bits per heavy atom. The molecule has 0 radical (unpaired) electrons. The number of amides is 1. The van der Waals surface area contributed by atoms with Gasteiger partial charge in [-0.25, -0.2) is 0 Å². The van der Waals surface area contributed by atoms with Gasteiger partial charge in [0.15, 0.2) is 0 Å². The lowest BCUT2D eigenvalue weighted by atomic mass is 9.94. The highest BCUT2D eigenvalue weighted by Gasteiger charge is 2.31. The van der Waals surface area contributed by atoms with Crippen molar-refractivity contribution in [3.63, 3.8) is 0 Å². The van der Waals surface area contributed by atoms with Crippen LogP contribution in [0.15, 0.2) is 0 Å². The van der Waals surface area contributed by atoms with E-state index in [0.29, 0.717) is 18.0 Å². The van der Waals surface area contributed by atoms with Gasteiger partial charge in [0.2, 0.25) is 5.91 Å². The molecular weight excluding hydrogens is 176 g/mol. The minimum atomic E-state index is 0.0870. The summed E-state index contributed by atoms with van der Waals surface area (Å²) in [6.07, 6.45) is 2.46. The van der Waals surface area contributed by atoms with Gasteiger partial charge in [0, 0.05) is 19.0 Å². The van der Waals surface area contributed by atoms with Crippen LogP contribution in [0, 0.1) is 5.92 Å². The number of rotatable bonds is 3. The maximum atomic E-state index is 11.1. The van der Waals surface area contributed by atoms with Crippen LogP contribution in [-0.2, 0) is 4.79 Å². The highest BCUT2D eigenvalue weighted by atomic mass is 16.1. The first kappa shape index (κ1) is 11.5. The Morgan fingerprint density at radius 2 is 2.14 bits per heavy atom. The zero-order valence-corrected chi connectivity index (χ0v) is 9.71. The molecule has 3 nitrogen and oxygen atoms in total. The zero-order chi connectivity index (χ0) is 10.7. The highest BCUT2D eigenvalue weighted by molar-refractivity contribution is 5.73. The topological polar surface area (TPSA) is 32.3 Å². The second-order valence-corrected chi connectivity index (χ2v) is 4.66. The van der Waals surface area contributed by atoms with Crippen LogP contribution in [0.4, 0.5) is 0 Å². The zero-order valence-electron chi connectivity index (χ0n) is 9.71. The van der Waals surface area contributed by atoms with Crippen LogP contribution in [0.5, 0.6) is 0 Å². The Bertz CT molecular complexity index is 203. The minimum Gasteiger partial charge on any atom is -0.352 e. The molecule has 1 aliphatic rings. The molecule has 1 heterocycles. The van der Waals surface area contributed by atoms with E-state index in [1.165, 1.54) is 12.8 Å². The Morgan fingerprint density at radius 3 is 2.50 bits per heavy atom. The normalized spacial score (nSPS) is 25.4. The molecule has 0 aromatic carbocycles. The number of likely N-dealkylation sites (N-methyl/N-ethyl adjacent to an activating group) is 1. The average molecular weight is 198 g/mol. The predicted octanol–water partition coefficient (Wildman–Crippen LogP) is 1.24. The molecule has 1 N–H and O–H groups in total. The third kappa shape index (κ3) is 2.71. The summed E-state index contributed by atoms with van der Waals surface area (Å²) in [5.41, 5.74) is 0. The van der Waals surface area contributed by atoms with Crippen molar-refractivity contribution in [3.05, 3.63) is 0 Å². The van der Waals surface area contributed by atoms with Crippen molar-refractivity contribution < 1.29 is 4.79 Å². The fourth-order valence-electron chi connectivity index (χ4n) is 2.33. The molecule has 82 valence electrons. The number of nitrogens with one attached hydrogen (secondary N) is 1. The van der Waals surface area contributed by atoms with E-state index in [1.807, 2.05) is 0 Å². The summed E-state index contributed by atoms with van der Waals surface area (Å²) in [5.74, 6) is 0.591. The van der Waals surface area contributed by atoms with Crippen molar-refractivity contribution in [2.45, 2.75) is 45.7 Å². The SMILES string of the molecule is CC(=O)NC(C(C)C)C1CCCN1C. The number of hydrogen-bond donors (Lipinski definition) is 1. The van der Waals surface area contributed by atoms with Crippen LogP contribution in [0.2, 0.25) is 0 Å². The summed E-state index contributed by atoms with van der Waals surface area (Å²) < 4.78 is 0. The highest BCUT2D eigenvalue weighted by Crippen LogP contribution is 2.22. The third-order valence-corrected chi connectivity index (χ3v) is 3.08. The van der Waals surface area contributed by atoms with Crippen molar-refractivity contribution >= 4 is 5.91 Å². The van der Waals surface area contributed by atoms with E-state index in [9.17, 15) is 4.79 Å². The molecule has 1 fully saturated rings. The molecule has 1 aliphatic heterocycles. The number of likely N-dealkylation sites (tertiary alicyclic amines) is 1. The quantitative estimate of drug-likeness (QED) is 0.740. The average Bonchev–Trinajstić information content (AvgIpc) is 2.46. The first-order valence-electron chi connectivity index (χ1n) is 5.49. The number of nitrogens with zero attached hydrogens (tertiary/aromatic N) is 1. The Hall–Kier alpha value is -0.570. The Labute approximate surface area is 86.9 Å². The molecule has 14 heavy (non-hydrogen) atoms. The molecule has 2 unspecified atom stereocenters. The number of carbonyl (C=O) groups is 1. The summed E-state index contributed by atoms with van der Waals surface area (Å²) in [7, 11) is 2.15.